The summed E-state index contributed by atoms with van der Waals surface area (Å²) in [6.07, 6.45) is 8.47. The van der Waals surface area contributed by atoms with Crippen molar-refractivity contribution in [2.24, 2.45) is 5.92 Å². The van der Waals surface area contributed by atoms with E-state index >= 15 is 0 Å². The van der Waals surface area contributed by atoms with Crippen molar-refractivity contribution in [2.75, 3.05) is 0 Å². The van der Waals surface area contributed by atoms with Gasteiger partial charge in [0.15, 0.2) is 0 Å². The normalized spacial score (nSPS) is 23.4. The van der Waals surface area contributed by atoms with Gasteiger partial charge in [-0.25, -0.2) is 0 Å². The molecule has 1 aromatic carbocycles. The van der Waals surface area contributed by atoms with Crippen LogP contribution in [0.15, 0.2) is 24.3 Å². The summed E-state index contributed by atoms with van der Waals surface area (Å²) in [5.74, 6) is 1.84. The van der Waals surface area contributed by atoms with Crippen molar-refractivity contribution >= 4 is 23.1 Å². The van der Waals surface area contributed by atoms with Crippen molar-refractivity contribution in [3.63, 3.8) is 0 Å². The third-order valence-electron chi connectivity index (χ3n) is 3.76. The molecule has 0 atom stereocenters. The van der Waals surface area contributed by atoms with E-state index in [1.165, 1.54) is 44.1 Å². The average Bonchev–Trinajstić information content (AvgIpc) is 2.32. The Morgan fingerprint density at radius 1 is 1.12 bits per heavy atom. The van der Waals surface area contributed by atoms with Crippen LogP contribution in [0.2, 0.25) is 0 Å². The maximum absolute atomic E-state index is 3.10. The minimum atomic E-state index is 0. The third-order valence-corrected chi connectivity index (χ3v) is 3.76. The van der Waals surface area contributed by atoms with Crippen molar-refractivity contribution in [3.05, 3.63) is 35.9 Å². The first-order chi connectivity index (χ1) is 7.40. The summed E-state index contributed by atoms with van der Waals surface area (Å²) >= 11 is 0. The molecule has 0 aliphatic heterocycles. The minimum absolute atomic E-state index is 0. The van der Waals surface area contributed by atoms with E-state index in [9.17, 15) is 0 Å². The second kappa shape index (κ2) is 9.40. The minimum Gasteiger partial charge on any atom is -1.00 e. The number of rotatable bonds is 3. The van der Waals surface area contributed by atoms with Gasteiger partial charge in [0.1, 0.15) is 0 Å². The van der Waals surface area contributed by atoms with Crippen LogP contribution in [-0.4, -0.2) is 23.1 Å². The van der Waals surface area contributed by atoms with Gasteiger partial charge in [-0.15, -0.1) is 0 Å². The molecule has 1 aliphatic carbocycles. The molecule has 90 valence electrons. The molecule has 0 saturated heterocycles. The first-order valence-corrected chi connectivity index (χ1v) is 6.36. The van der Waals surface area contributed by atoms with Crippen molar-refractivity contribution in [1.82, 2.24) is 0 Å². The Hall–Kier alpha value is 0.466. The van der Waals surface area contributed by atoms with Gasteiger partial charge in [0, 0.05) is 0 Å². The smallest absolute Gasteiger partial charge is 1.00 e. The molecule has 2 rings (SSSR count). The number of halogens is 1. The Kier molecular flexibility index (Phi) is 9.66. The van der Waals surface area contributed by atoms with Crippen LogP contribution in [0.1, 0.15) is 56.9 Å². The second-order valence-corrected chi connectivity index (χ2v) is 4.84. The molecule has 2 heteroatoms. The average molecular weight is 306 g/mol. The molecular weight excluding hydrogens is 284 g/mol. The molecule has 0 heterocycles. The van der Waals surface area contributed by atoms with E-state index in [4.69, 9.17) is 0 Å². The zero-order chi connectivity index (χ0) is 10.5. The van der Waals surface area contributed by atoms with Crippen LogP contribution in [0.25, 0.3) is 0 Å². The predicted molar refractivity (Wildman–Crippen MR) is 70.6 cm³/mol. The molecule has 0 nitrogen and oxygen atoms in total. The van der Waals surface area contributed by atoms with Gasteiger partial charge in [0.2, 0.25) is 0 Å². The predicted octanol–water partition coefficient (Wildman–Crippen LogP) is 1.18. The van der Waals surface area contributed by atoms with E-state index in [0.29, 0.717) is 0 Å². The number of hydrogen-bond acceptors (Lipinski definition) is 0. The number of benzene rings is 1. The molecule has 0 spiro atoms. The van der Waals surface area contributed by atoms with Gasteiger partial charge in [-0.3, -0.25) is 0 Å². The fourth-order valence-electron chi connectivity index (χ4n) is 2.86. The molecule has 0 amide bonds. The Labute approximate surface area is 132 Å². The SMILES string of the molecule is CCCC1CCC(c2cc[c-]cc2)CC1.[Br-].[Mg+2]. The Morgan fingerprint density at radius 3 is 2.24 bits per heavy atom. The Morgan fingerprint density at radius 2 is 1.71 bits per heavy atom. The van der Waals surface area contributed by atoms with Gasteiger partial charge < -0.3 is 17.0 Å². The zero-order valence-electron chi connectivity index (χ0n) is 10.8. The molecule has 17 heavy (non-hydrogen) atoms. The van der Waals surface area contributed by atoms with Gasteiger partial charge in [-0.1, -0.05) is 19.8 Å². The van der Waals surface area contributed by atoms with Crippen LogP contribution >= 0.6 is 0 Å². The fourth-order valence-corrected chi connectivity index (χ4v) is 2.86. The topological polar surface area (TPSA) is 0 Å². The molecule has 1 saturated carbocycles. The van der Waals surface area contributed by atoms with Crippen LogP contribution in [0, 0.1) is 12.0 Å². The maximum Gasteiger partial charge on any atom is 2.00 e. The zero-order valence-corrected chi connectivity index (χ0v) is 13.8. The van der Waals surface area contributed by atoms with Crippen molar-refractivity contribution in [1.29, 1.82) is 0 Å². The van der Waals surface area contributed by atoms with Gasteiger partial charge >= 0.3 is 23.1 Å². The summed E-state index contributed by atoms with van der Waals surface area (Å²) in [6, 6.07) is 11.7. The van der Waals surface area contributed by atoms with Gasteiger partial charge in [0.05, 0.1) is 0 Å². The van der Waals surface area contributed by atoms with E-state index in [-0.39, 0.29) is 40.0 Å². The van der Waals surface area contributed by atoms with Crippen LogP contribution in [0.5, 0.6) is 0 Å². The summed E-state index contributed by atoms with van der Waals surface area (Å²) in [4.78, 5) is 0. The fraction of sp³-hybridized carbons (Fsp3) is 0.600. The van der Waals surface area contributed by atoms with E-state index < -0.39 is 0 Å². The molecule has 0 aromatic heterocycles. The van der Waals surface area contributed by atoms with Gasteiger partial charge in [0.25, 0.3) is 0 Å². The standard InChI is InChI=1S/C15H21.BrH.Mg/c1-2-6-13-9-11-15(12-10-13)14-7-4-3-5-8-14;;/h4-5,7-8,13,15H,2,6,9-12H2,1H3;1H;/q-1;;+2/p-1. The van der Waals surface area contributed by atoms with Crippen molar-refractivity contribution in [2.45, 2.75) is 51.4 Å². The van der Waals surface area contributed by atoms with Gasteiger partial charge in [-0.2, -0.15) is 35.9 Å². The van der Waals surface area contributed by atoms with E-state index in [1.54, 1.807) is 0 Å². The first kappa shape index (κ1) is 17.5. The quantitative estimate of drug-likeness (QED) is 0.581. The molecule has 0 unspecified atom stereocenters. The number of hydrogen-bond donors (Lipinski definition) is 0. The summed E-state index contributed by atoms with van der Waals surface area (Å²) in [6.45, 7) is 2.30. The van der Waals surface area contributed by atoms with E-state index in [2.05, 4.69) is 25.1 Å². The molecule has 1 fully saturated rings. The largest absolute Gasteiger partial charge is 2.00 e. The third kappa shape index (κ3) is 5.31. The van der Waals surface area contributed by atoms with Gasteiger partial charge in [-0.05, 0) is 37.5 Å². The van der Waals surface area contributed by atoms with Crippen LogP contribution in [0.3, 0.4) is 0 Å². The maximum atomic E-state index is 3.10. The van der Waals surface area contributed by atoms with Crippen molar-refractivity contribution in [3.8, 4) is 0 Å². The second-order valence-electron chi connectivity index (χ2n) is 4.84. The summed E-state index contributed by atoms with van der Waals surface area (Å²) in [5, 5.41) is 0. The van der Waals surface area contributed by atoms with Crippen LogP contribution < -0.4 is 17.0 Å². The molecule has 1 aliphatic rings. The van der Waals surface area contributed by atoms with Crippen molar-refractivity contribution < 1.29 is 17.0 Å². The molecule has 0 bridgehead atoms. The van der Waals surface area contributed by atoms with E-state index in [0.717, 1.165) is 11.8 Å². The Bertz CT molecular complexity index is 278. The first-order valence-electron chi connectivity index (χ1n) is 6.36. The summed E-state index contributed by atoms with van der Waals surface area (Å²) < 4.78 is 0. The molecular formula is C15H21BrMg. The summed E-state index contributed by atoms with van der Waals surface area (Å²) in [5.41, 5.74) is 1.53. The van der Waals surface area contributed by atoms with Crippen LogP contribution in [-0.2, 0) is 0 Å². The Balaban J connectivity index is 0.00000128. The molecule has 1 aromatic rings. The summed E-state index contributed by atoms with van der Waals surface area (Å²) in [7, 11) is 0. The molecule has 0 N–H and O–H groups in total. The monoisotopic (exact) mass is 304 g/mol. The van der Waals surface area contributed by atoms with Crippen LogP contribution in [0.4, 0.5) is 0 Å². The van der Waals surface area contributed by atoms with E-state index in [1.807, 2.05) is 12.1 Å². The molecule has 0 radical (unpaired) electrons.